The summed E-state index contributed by atoms with van der Waals surface area (Å²) in [5.74, 6) is -0.218. The van der Waals surface area contributed by atoms with E-state index in [9.17, 15) is 4.79 Å². The second-order valence-corrected chi connectivity index (χ2v) is 5.72. The highest BCUT2D eigenvalue weighted by Gasteiger charge is 2.35. The fourth-order valence-electron chi connectivity index (χ4n) is 2.83. The maximum Gasteiger partial charge on any atom is 0.327 e. The summed E-state index contributed by atoms with van der Waals surface area (Å²) in [6.07, 6.45) is 7.38. The van der Waals surface area contributed by atoms with Gasteiger partial charge in [-0.25, -0.2) is 9.78 Å². The average molecular weight is 279 g/mol. The van der Waals surface area contributed by atoms with Crippen LogP contribution in [0.15, 0.2) is 6.33 Å². The molecule has 0 saturated carbocycles. The van der Waals surface area contributed by atoms with Gasteiger partial charge in [0.15, 0.2) is 0 Å². The summed E-state index contributed by atoms with van der Waals surface area (Å²) in [5, 5.41) is 3.32. The van der Waals surface area contributed by atoms with Gasteiger partial charge in [0, 0.05) is 5.69 Å². The molecule has 20 heavy (non-hydrogen) atoms. The molecule has 0 saturated heterocycles. The van der Waals surface area contributed by atoms with Gasteiger partial charge in [-0.15, -0.1) is 0 Å². The van der Waals surface area contributed by atoms with Crippen molar-refractivity contribution in [1.82, 2.24) is 14.9 Å². The first-order chi connectivity index (χ1) is 9.60. The summed E-state index contributed by atoms with van der Waals surface area (Å²) in [6.45, 7) is 5.36. The Bertz CT molecular complexity index is 470. The first kappa shape index (κ1) is 15.0. The average Bonchev–Trinajstić information content (AvgIpc) is 2.87. The molecule has 0 spiro atoms. The molecular weight excluding hydrogens is 254 g/mol. The number of ether oxygens (including phenoxy) is 1. The molecule has 5 heteroatoms. The summed E-state index contributed by atoms with van der Waals surface area (Å²) in [5.41, 5.74) is 1.78. The Balaban J connectivity index is 2.19. The molecular formula is C15H25N3O2. The zero-order valence-electron chi connectivity index (χ0n) is 12.7. The van der Waals surface area contributed by atoms with Crippen LogP contribution in [0.1, 0.15) is 44.5 Å². The Kier molecular flexibility index (Phi) is 4.81. The second kappa shape index (κ2) is 6.39. The molecule has 2 rings (SSSR count). The quantitative estimate of drug-likeness (QED) is 0.805. The van der Waals surface area contributed by atoms with Crippen LogP contribution < -0.4 is 5.32 Å². The largest absolute Gasteiger partial charge is 0.468 e. The third-order valence-corrected chi connectivity index (χ3v) is 4.00. The van der Waals surface area contributed by atoms with Crippen molar-refractivity contribution in [3.63, 3.8) is 0 Å². The normalized spacial score (nSPS) is 17.4. The monoisotopic (exact) mass is 279 g/mol. The summed E-state index contributed by atoms with van der Waals surface area (Å²) >= 11 is 0. The van der Waals surface area contributed by atoms with Gasteiger partial charge in [0.1, 0.15) is 5.54 Å². The van der Waals surface area contributed by atoms with Crippen molar-refractivity contribution < 1.29 is 9.53 Å². The highest BCUT2D eigenvalue weighted by Crippen LogP contribution is 2.22. The van der Waals surface area contributed by atoms with Crippen LogP contribution in [0, 0.1) is 0 Å². The van der Waals surface area contributed by atoms with E-state index in [-0.39, 0.29) is 5.97 Å². The number of nitrogens with zero attached hydrogens (tertiary/aromatic N) is 2. The number of esters is 1. The van der Waals surface area contributed by atoms with Crippen molar-refractivity contribution in [1.29, 1.82) is 0 Å². The molecule has 1 heterocycles. The molecule has 0 aliphatic heterocycles. The van der Waals surface area contributed by atoms with Gasteiger partial charge in [-0.3, -0.25) is 0 Å². The molecule has 1 N–H and O–H groups in total. The summed E-state index contributed by atoms with van der Waals surface area (Å²) in [6, 6.07) is 0. The highest BCUT2D eigenvalue weighted by atomic mass is 16.5. The Labute approximate surface area is 120 Å². The van der Waals surface area contributed by atoms with Gasteiger partial charge in [-0.05, 0) is 45.6 Å². The van der Waals surface area contributed by atoms with Gasteiger partial charge in [-0.2, -0.15) is 0 Å². The molecule has 112 valence electrons. The SMILES string of the molecule is CCCNC(C)(Cn1cnc2c1CCCC2)C(=O)OC. The molecule has 1 unspecified atom stereocenters. The van der Waals surface area contributed by atoms with Gasteiger partial charge in [0.25, 0.3) is 0 Å². The van der Waals surface area contributed by atoms with Crippen LogP contribution in [0.25, 0.3) is 0 Å². The Morgan fingerprint density at radius 3 is 2.95 bits per heavy atom. The number of nitrogens with one attached hydrogen (secondary N) is 1. The topological polar surface area (TPSA) is 56.2 Å². The summed E-state index contributed by atoms with van der Waals surface area (Å²) in [4.78, 5) is 16.6. The van der Waals surface area contributed by atoms with E-state index in [1.807, 2.05) is 13.3 Å². The van der Waals surface area contributed by atoms with Gasteiger partial charge in [0.2, 0.25) is 0 Å². The molecule has 1 aromatic rings. The lowest BCUT2D eigenvalue weighted by Gasteiger charge is -2.29. The highest BCUT2D eigenvalue weighted by molar-refractivity contribution is 5.80. The Morgan fingerprint density at radius 2 is 2.25 bits per heavy atom. The van der Waals surface area contributed by atoms with Crippen molar-refractivity contribution in [2.24, 2.45) is 0 Å². The number of aromatic nitrogens is 2. The third-order valence-electron chi connectivity index (χ3n) is 4.00. The molecule has 5 nitrogen and oxygen atoms in total. The lowest BCUT2D eigenvalue weighted by molar-refractivity contribution is -0.148. The lowest BCUT2D eigenvalue weighted by Crippen LogP contribution is -2.53. The molecule has 0 radical (unpaired) electrons. The molecule has 1 aliphatic rings. The van der Waals surface area contributed by atoms with E-state index < -0.39 is 5.54 Å². The molecule has 0 fully saturated rings. The number of hydrogen-bond donors (Lipinski definition) is 1. The maximum atomic E-state index is 12.1. The van der Waals surface area contributed by atoms with Crippen LogP contribution in [-0.4, -0.2) is 34.7 Å². The maximum absolute atomic E-state index is 12.1. The summed E-state index contributed by atoms with van der Waals surface area (Å²) in [7, 11) is 1.44. The van der Waals surface area contributed by atoms with Crippen LogP contribution in [0.5, 0.6) is 0 Å². The van der Waals surface area contributed by atoms with Crippen LogP contribution in [0.3, 0.4) is 0 Å². The minimum absolute atomic E-state index is 0.218. The van der Waals surface area contributed by atoms with E-state index >= 15 is 0 Å². The number of carbonyl (C=O) groups excluding carboxylic acids is 1. The van der Waals surface area contributed by atoms with Crippen molar-refractivity contribution in [2.45, 2.75) is 58.0 Å². The van der Waals surface area contributed by atoms with Crippen LogP contribution in [0.4, 0.5) is 0 Å². The summed E-state index contributed by atoms with van der Waals surface area (Å²) < 4.78 is 7.09. The van der Waals surface area contributed by atoms with E-state index in [2.05, 4.69) is 21.8 Å². The minimum Gasteiger partial charge on any atom is -0.468 e. The van der Waals surface area contributed by atoms with Gasteiger partial charge in [0.05, 0.1) is 25.7 Å². The predicted octanol–water partition coefficient (Wildman–Crippen LogP) is 1.69. The van der Waals surface area contributed by atoms with Crippen molar-refractivity contribution >= 4 is 5.97 Å². The smallest absolute Gasteiger partial charge is 0.327 e. The number of hydrogen-bond acceptors (Lipinski definition) is 4. The van der Waals surface area contributed by atoms with E-state index in [4.69, 9.17) is 4.74 Å². The second-order valence-electron chi connectivity index (χ2n) is 5.72. The first-order valence-corrected chi connectivity index (χ1v) is 7.47. The van der Waals surface area contributed by atoms with E-state index in [0.29, 0.717) is 6.54 Å². The number of carbonyl (C=O) groups is 1. The zero-order valence-corrected chi connectivity index (χ0v) is 12.7. The van der Waals surface area contributed by atoms with Crippen molar-refractivity contribution in [3.05, 3.63) is 17.7 Å². The van der Waals surface area contributed by atoms with Crippen molar-refractivity contribution in [2.75, 3.05) is 13.7 Å². The first-order valence-electron chi connectivity index (χ1n) is 7.47. The van der Waals surface area contributed by atoms with Crippen LogP contribution in [-0.2, 0) is 28.9 Å². The predicted molar refractivity (Wildman–Crippen MR) is 77.6 cm³/mol. The van der Waals surface area contributed by atoms with Crippen LogP contribution >= 0.6 is 0 Å². The molecule has 1 atom stereocenters. The molecule has 1 aromatic heterocycles. The number of aryl methyl sites for hydroxylation is 1. The number of rotatable bonds is 6. The molecule has 0 aromatic carbocycles. The van der Waals surface area contributed by atoms with Crippen LogP contribution in [0.2, 0.25) is 0 Å². The Hall–Kier alpha value is -1.36. The minimum atomic E-state index is -0.698. The van der Waals surface area contributed by atoms with Gasteiger partial charge >= 0.3 is 5.97 Å². The van der Waals surface area contributed by atoms with Gasteiger partial charge < -0.3 is 14.6 Å². The fourth-order valence-corrected chi connectivity index (χ4v) is 2.83. The zero-order chi connectivity index (χ0) is 14.6. The van der Waals surface area contributed by atoms with E-state index in [1.54, 1.807) is 0 Å². The van der Waals surface area contributed by atoms with Gasteiger partial charge in [-0.1, -0.05) is 6.92 Å². The standard InChI is InChI=1S/C15H25N3O2/c1-4-9-17-15(2,14(19)20-3)10-18-11-16-12-7-5-6-8-13(12)18/h11,17H,4-10H2,1-3H3. The van der Waals surface area contributed by atoms with E-state index in [0.717, 1.165) is 25.8 Å². The number of imidazole rings is 1. The third kappa shape index (κ3) is 3.03. The van der Waals surface area contributed by atoms with Crippen molar-refractivity contribution in [3.8, 4) is 0 Å². The molecule has 0 bridgehead atoms. The van der Waals surface area contributed by atoms with E-state index in [1.165, 1.54) is 31.3 Å². The Morgan fingerprint density at radius 1 is 1.50 bits per heavy atom. The number of fused-ring (bicyclic) bond motifs is 1. The number of methoxy groups -OCH3 is 1. The molecule has 0 amide bonds. The lowest BCUT2D eigenvalue weighted by atomic mass is 9.99. The molecule has 1 aliphatic carbocycles. The fraction of sp³-hybridized carbons (Fsp3) is 0.733.